The average molecular weight is 215 g/mol. The highest BCUT2D eigenvalue weighted by Gasteiger charge is 2.21. The summed E-state index contributed by atoms with van der Waals surface area (Å²) in [5.41, 5.74) is 0. The Labute approximate surface area is 93.4 Å². The molecule has 0 bridgehead atoms. The van der Waals surface area contributed by atoms with Crippen LogP contribution in [0.2, 0.25) is 0 Å². The third kappa shape index (κ3) is 4.96. The van der Waals surface area contributed by atoms with E-state index in [4.69, 9.17) is 4.74 Å². The summed E-state index contributed by atoms with van der Waals surface area (Å²) in [6.07, 6.45) is 3.23. The van der Waals surface area contributed by atoms with E-state index in [-0.39, 0.29) is 6.10 Å². The molecule has 90 valence electrons. The first kappa shape index (κ1) is 12.9. The van der Waals surface area contributed by atoms with Crippen molar-refractivity contribution in [2.45, 2.75) is 39.2 Å². The predicted molar refractivity (Wildman–Crippen MR) is 62.0 cm³/mol. The molecule has 3 heteroatoms. The lowest BCUT2D eigenvalue weighted by Gasteiger charge is -2.33. The maximum Gasteiger partial charge on any atom is 0.0593 e. The van der Waals surface area contributed by atoms with Gasteiger partial charge in [-0.05, 0) is 45.2 Å². The fraction of sp³-hybridized carbons (Fsp3) is 1.00. The minimum Gasteiger partial charge on any atom is -0.393 e. The van der Waals surface area contributed by atoms with Crippen LogP contribution < -0.4 is 0 Å². The van der Waals surface area contributed by atoms with Crippen molar-refractivity contribution in [1.29, 1.82) is 0 Å². The van der Waals surface area contributed by atoms with Crippen molar-refractivity contribution in [2.24, 2.45) is 5.92 Å². The fourth-order valence-electron chi connectivity index (χ4n) is 2.10. The SMILES string of the molecule is CCCOCCN1CCC(C(C)O)CC1. The Morgan fingerprint density at radius 3 is 2.53 bits per heavy atom. The summed E-state index contributed by atoms with van der Waals surface area (Å²) < 4.78 is 5.47. The van der Waals surface area contributed by atoms with Crippen LogP contribution >= 0.6 is 0 Å². The van der Waals surface area contributed by atoms with E-state index < -0.39 is 0 Å². The van der Waals surface area contributed by atoms with E-state index in [1.165, 1.54) is 0 Å². The highest BCUT2D eigenvalue weighted by molar-refractivity contribution is 4.75. The van der Waals surface area contributed by atoms with Gasteiger partial charge < -0.3 is 14.7 Å². The number of likely N-dealkylation sites (tertiary alicyclic amines) is 1. The average Bonchev–Trinajstić information content (AvgIpc) is 2.25. The van der Waals surface area contributed by atoms with Gasteiger partial charge in [-0.3, -0.25) is 0 Å². The third-order valence-corrected chi connectivity index (χ3v) is 3.21. The van der Waals surface area contributed by atoms with E-state index in [1.807, 2.05) is 6.92 Å². The van der Waals surface area contributed by atoms with Crippen LogP contribution in [0.15, 0.2) is 0 Å². The van der Waals surface area contributed by atoms with Gasteiger partial charge >= 0.3 is 0 Å². The summed E-state index contributed by atoms with van der Waals surface area (Å²) >= 11 is 0. The van der Waals surface area contributed by atoms with Crippen molar-refractivity contribution < 1.29 is 9.84 Å². The maximum atomic E-state index is 9.47. The number of hydrogen-bond acceptors (Lipinski definition) is 3. The lowest BCUT2D eigenvalue weighted by molar-refractivity contribution is 0.0529. The van der Waals surface area contributed by atoms with Crippen molar-refractivity contribution >= 4 is 0 Å². The second-order valence-electron chi connectivity index (χ2n) is 4.53. The van der Waals surface area contributed by atoms with E-state index in [0.29, 0.717) is 5.92 Å². The van der Waals surface area contributed by atoms with Crippen molar-refractivity contribution in [2.75, 3.05) is 32.8 Å². The van der Waals surface area contributed by atoms with Gasteiger partial charge in [0, 0.05) is 13.2 Å². The molecule has 1 aliphatic rings. The van der Waals surface area contributed by atoms with E-state index in [2.05, 4.69) is 11.8 Å². The first-order chi connectivity index (χ1) is 7.24. The van der Waals surface area contributed by atoms with Crippen molar-refractivity contribution in [3.05, 3.63) is 0 Å². The maximum absolute atomic E-state index is 9.47. The first-order valence-electron chi connectivity index (χ1n) is 6.22. The molecule has 1 unspecified atom stereocenters. The zero-order valence-electron chi connectivity index (χ0n) is 10.1. The highest BCUT2D eigenvalue weighted by Crippen LogP contribution is 2.19. The van der Waals surface area contributed by atoms with Gasteiger partial charge in [-0.1, -0.05) is 6.92 Å². The number of rotatable bonds is 6. The Bertz CT molecular complexity index is 154. The van der Waals surface area contributed by atoms with Crippen molar-refractivity contribution in [3.8, 4) is 0 Å². The second-order valence-corrected chi connectivity index (χ2v) is 4.53. The molecule has 1 aliphatic heterocycles. The van der Waals surface area contributed by atoms with Gasteiger partial charge in [-0.2, -0.15) is 0 Å². The summed E-state index contributed by atoms with van der Waals surface area (Å²) in [6, 6.07) is 0. The number of piperidine rings is 1. The monoisotopic (exact) mass is 215 g/mol. The smallest absolute Gasteiger partial charge is 0.0593 e. The molecular weight excluding hydrogens is 190 g/mol. The molecule has 0 aromatic carbocycles. The van der Waals surface area contributed by atoms with Gasteiger partial charge in [0.25, 0.3) is 0 Å². The predicted octanol–water partition coefficient (Wildman–Crippen LogP) is 1.51. The zero-order valence-corrected chi connectivity index (χ0v) is 10.1. The van der Waals surface area contributed by atoms with Crippen LogP contribution in [-0.2, 0) is 4.74 Å². The molecule has 1 rings (SSSR count). The van der Waals surface area contributed by atoms with Crippen LogP contribution in [0.25, 0.3) is 0 Å². The molecule has 1 saturated heterocycles. The topological polar surface area (TPSA) is 32.7 Å². The molecule has 3 nitrogen and oxygen atoms in total. The molecule has 0 aliphatic carbocycles. The normalized spacial score (nSPS) is 21.8. The largest absolute Gasteiger partial charge is 0.393 e. The second kappa shape index (κ2) is 7.20. The molecule has 1 heterocycles. The molecule has 1 N–H and O–H groups in total. The van der Waals surface area contributed by atoms with Crippen LogP contribution in [0, 0.1) is 5.92 Å². The number of aliphatic hydroxyl groups excluding tert-OH is 1. The molecule has 0 radical (unpaired) electrons. The number of hydrogen-bond donors (Lipinski definition) is 1. The molecule has 0 spiro atoms. The summed E-state index contributed by atoms with van der Waals surface area (Å²) in [6.45, 7) is 9.05. The Morgan fingerprint density at radius 2 is 2.00 bits per heavy atom. The van der Waals surface area contributed by atoms with Gasteiger partial charge in [-0.15, -0.1) is 0 Å². The number of ether oxygens (including phenoxy) is 1. The van der Waals surface area contributed by atoms with Crippen LogP contribution in [0.1, 0.15) is 33.1 Å². The van der Waals surface area contributed by atoms with E-state index in [0.717, 1.165) is 52.1 Å². The quantitative estimate of drug-likeness (QED) is 0.682. The molecule has 0 saturated carbocycles. The molecule has 15 heavy (non-hydrogen) atoms. The minimum atomic E-state index is -0.136. The van der Waals surface area contributed by atoms with E-state index >= 15 is 0 Å². The lowest BCUT2D eigenvalue weighted by atomic mass is 9.92. The molecule has 1 fully saturated rings. The third-order valence-electron chi connectivity index (χ3n) is 3.21. The summed E-state index contributed by atoms with van der Waals surface area (Å²) in [4.78, 5) is 2.44. The summed E-state index contributed by atoms with van der Waals surface area (Å²) in [7, 11) is 0. The minimum absolute atomic E-state index is 0.136. The van der Waals surface area contributed by atoms with Gasteiger partial charge in [0.2, 0.25) is 0 Å². The molecule has 1 atom stereocenters. The number of nitrogens with zero attached hydrogens (tertiary/aromatic N) is 1. The van der Waals surface area contributed by atoms with Crippen LogP contribution in [0.3, 0.4) is 0 Å². The lowest BCUT2D eigenvalue weighted by Crippen LogP contribution is -2.38. The fourth-order valence-corrected chi connectivity index (χ4v) is 2.10. The molecular formula is C12H25NO2. The van der Waals surface area contributed by atoms with Crippen molar-refractivity contribution in [1.82, 2.24) is 4.90 Å². The van der Waals surface area contributed by atoms with Gasteiger partial charge in [0.1, 0.15) is 0 Å². The van der Waals surface area contributed by atoms with Crippen molar-refractivity contribution in [3.63, 3.8) is 0 Å². The zero-order chi connectivity index (χ0) is 11.1. The standard InChI is InChI=1S/C12H25NO2/c1-3-9-15-10-8-13-6-4-12(5-7-13)11(2)14/h11-12,14H,3-10H2,1-2H3. The van der Waals surface area contributed by atoms with E-state index in [9.17, 15) is 5.11 Å². The highest BCUT2D eigenvalue weighted by atomic mass is 16.5. The first-order valence-corrected chi connectivity index (χ1v) is 6.22. The Morgan fingerprint density at radius 1 is 1.33 bits per heavy atom. The Balaban J connectivity index is 2.04. The van der Waals surface area contributed by atoms with Crippen LogP contribution in [-0.4, -0.2) is 49.0 Å². The van der Waals surface area contributed by atoms with E-state index in [1.54, 1.807) is 0 Å². The van der Waals surface area contributed by atoms with Gasteiger partial charge in [0.05, 0.1) is 12.7 Å². The summed E-state index contributed by atoms with van der Waals surface area (Å²) in [5.74, 6) is 0.512. The summed E-state index contributed by atoms with van der Waals surface area (Å²) in [5, 5.41) is 9.47. The van der Waals surface area contributed by atoms with Crippen LogP contribution in [0.5, 0.6) is 0 Å². The molecule has 0 amide bonds. The Kier molecular flexibility index (Phi) is 6.22. The molecule has 0 aromatic rings. The van der Waals surface area contributed by atoms with Gasteiger partial charge in [0.15, 0.2) is 0 Å². The van der Waals surface area contributed by atoms with Crippen LogP contribution in [0.4, 0.5) is 0 Å². The Hall–Kier alpha value is -0.120. The van der Waals surface area contributed by atoms with Gasteiger partial charge in [-0.25, -0.2) is 0 Å². The molecule has 0 aromatic heterocycles. The number of aliphatic hydroxyl groups is 1.